The second-order valence-corrected chi connectivity index (χ2v) is 13.6. The van der Waals surface area contributed by atoms with Crippen molar-refractivity contribution < 1.29 is 14.3 Å². The summed E-state index contributed by atoms with van der Waals surface area (Å²) in [6, 6.07) is 19.7. The summed E-state index contributed by atoms with van der Waals surface area (Å²) >= 11 is 0. The number of hydrogen-bond donors (Lipinski definition) is 0. The second kappa shape index (κ2) is 12.2. The van der Waals surface area contributed by atoms with Crippen LogP contribution >= 0.6 is 0 Å². The number of nitrogens with zero attached hydrogens (tertiary/aromatic N) is 2. The van der Waals surface area contributed by atoms with Gasteiger partial charge in [-0.05, 0) is 18.1 Å². The summed E-state index contributed by atoms with van der Waals surface area (Å²) in [5, 5.41) is 0. The van der Waals surface area contributed by atoms with Crippen LogP contribution in [0.3, 0.4) is 0 Å². The van der Waals surface area contributed by atoms with Crippen LogP contribution in [0.1, 0.15) is 18.1 Å². The van der Waals surface area contributed by atoms with Crippen LogP contribution in [-0.2, 0) is 27.4 Å². The van der Waals surface area contributed by atoms with E-state index in [4.69, 9.17) is 4.74 Å². The molecule has 0 saturated heterocycles. The third kappa shape index (κ3) is 8.70. The molecule has 0 aliphatic carbocycles. The minimum absolute atomic E-state index is 0.107. The summed E-state index contributed by atoms with van der Waals surface area (Å²) < 4.78 is 4.82. The van der Waals surface area contributed by atoms with Crippen LogP contribution in [-0.4, -0.2) is 56.0 Å². The highest BCUT2D eigenvalue weighted by Gasteiger charge is 2.27. The van der Waals surface area contributed by atoms with Crippen molar-refractivity contribution in [2.45, 2.75) is 45.7 Å². The number of rotatable bonds is 9. The van der Waals surface area contributed by atoms with Crippen LogP contribution < -0.4 is 0 Å². The fourth-order valence-electron chi connectivity index (χ4n) is 3.22. The molecule has 1 unspecified atom stereocenters. The highest BCUT2D eigenvalue weighted by molar-refractivity contribution is 6.83. The topological polar surface area (TPSA) is 49.9 Å². The Balaban J connectivity index is 2.26. The van der Waals surface area contributed by atoms with Crippen molar-refractivity contribution in [3.63, 3.8) is 0 Å². The molecule has 0 aromatic heterocycles. The summed E-state index contributed by atoms with van der Waals surface area (Å²) in [5.41, 5.74) is 5.53. The van der Waals surface area contributed by atoms with Crippen molar-refractivity contribution >= 4 is 20.0 Å². The number of carbonyl (C=O) groups is 2. The first-order valence-electron chi connectivity index (χ1n) is 10.9. The first-order valence-corrected chi connectivity index (χ1v) is 14.4. The van der Waals surface area contributed by atoms with Crippen molar-refractivity contribution in [2.75, 3.05) is 20.2 Å². The molecule has 32 heavy (non-hydrogen) atoms. The molecule has 6 heteroatoms. The average Bonchev–Trinajstić information content (AvgIpc) is 2.77. The van der Waals surface area contributed by atoms with Gasteiger partial charge in [-0.1, -0.05) is 86.2 Å². The molecule has 2 aromatic carbocycles. The lowest BCUT2D eigenvalue weighted by atomic mass is 10.1. The molecule has 2 rings (SSSR count). The SMILES string of the molecule is COC(=O)CN(CC#C[Si](C)(C)C)C(=O)C(C)N(Cc1ccccc1)Cc1ccccc1. The Bertz CT molecular complexity index is 889. The van der Waals surface area contributed by atoms with Crippen LogP contribution in [0.25, 0.3) is 0 Å². The summed E-state index contributed by atoms with van der Waals surface area (Å²) in [6.45, 7) is 9.69. The first-order chi connectivity index (χ1) is 15.2. The lowest BCUT2D eigenvalue weighted by molar-refractivity contribution is -0.148. The van der Waals surface area contributed by atoms with E-state index < -0.39 is 20.1 Å². The second-order valence-electron chi connectivity index (χ2n) is 8.87. The summed E-state index contributed by atoms with van der Waals surface area (Å²) in [4.78, 5) is 29.1. The molecule has 170 valence electrons. The predicted octanol–water partition coefficient (Wildman–Crippen LogP) is 3.96. The van der Waals surface area contributed by atoms with Gasteiger partial charge in [-0.2, -0.15) is 0 Å². The monoisotopic (exact) mass is 450 g/mol. The smallest absolute Gasteiger partial charge is 0.325 e. The maximum atomic E-state index is 13.5. The lowest BCUT2D eigenvalue weighted by Crippen LogP contribution is -2.48. The maximum absolute atomic E-state index is 13.5. The van der Waals surface area contributed by atoms with Gasteiger partial charge < -0.3 is 9.64 Å². The molecule has 2 aromatic rings. The highest BCUT2D eigenvalue weighted by Crippen LogP contribution is 2.15. The molecule has 0 heterocycles. The van der Waals surface area contributed by atoms with Crippen LogP contribution in [0.4, 0.5) is 0 Å². The fourth-order valence-corrected chi connectivity index (χ4v) is 3.83. The first kappa shape index (κ1) is 25.4. The standard InChI is InChI=1S/C26H34N2O3Si/c1-22(26(30)27(21-25(29)31-2)17-12-18-32(3,4)5)28(19-23-13-8-6-9-14-23)20-24-15-10-7-11-16-24/h6-11,13-16,22H,17,19-21H2,1-5H3. The van der Waals surface area contributed by atoms with E-state index in [1.807, 2.05) is 43.3 Å². The van der Waals surface area contributed by atoms with Crippen LogP contribution in [0.2, 0.25) is 19.6 Å². The molecule has 0 aliphatic heterocycles. The van der Waals surface area contributed by atoms with Gasteiger partial charge in [-0.25, -0.2) is 0 Å². The van der Waals surface area contributed by atoms with Crippen molar-refractivity contribution in [1.82, 2.24) is 9.80 Å². The Morgan fingerprint density at radius 1 is 0.938 bits per heavy atom. The summed E-state index contributed by atoms with van der Waals surface area (Å²) in [5.74, 6) is 2.54. The molecule has 0 N–H and O–H groups in total. The molecule has 0 spiro atoms. The zero-order valence-corrected chi connectivity index (χ0v) is 20.8. The zero-order chi connectivity index (χ0) is 23.6. The zero-order valence-electron chi connectivity index (χ0n) is 19.8. The Morgan fingerprint density at radius 2 is 1.44 bits per heavy atom. The Morgan fingerprint density at radius 3 is 1.88 bits per heavy atom. The number of carbonyl (C=O) groups excluding carboxylic acids is 2. The molecule has 1 amide bonds. The van der Waals surface area contributed by atoms with Crippen LogP contribution in [0, 0.1) is 11.5 Å². The van der Waals surface area contributed by atoms with Gasteiger partial charge in [0.25, 0.3) is 0 Å². The van der Waals surface area contributed by atoms with E-state index in [0.29, 0.717) is 13.1 Å². The van der Waals surface area contributed by atoms with Crippen molar-refractivity contribution in [1.29, 1.82) is 0 Å². The van der Waals surface area contributed by atoms with E-state index in [2.05, 4.69) is 60.3 Å². The minimum Gasteiger partial charge on any atom is -0.468 e. The molecular formula is C26H34N2O3Si. The van der Waals surface area contributed by atoms with Gasteiger partial charge in [0.2, 0.25) is 5.91 Å². The molecular weight excluding hydrogens is 416 g/mol. The molecule has 0 radical (unpaired) electrons. The van der Waals surface area contributed by atoms with Gasteiger partial charge in [0.05, 0.1) is 19.7 Å². The van der Waals surface area contributed by atoms with Crippen molar-refractivity contribution in [2.24, 2.45) is 0 Å². The van der Waals surface area contributed by atoms with Crippen molar-refractivity contribution in [3.8, 4) is 11.5 Å². The normalized spacial score (nSPS) is 11.9. The molecule has 0 saturated carbocycles. The van der Waals surface area contributed by atoms with E-state index >= 15 is 0 Å². The van der Waals surface area contributed by atoms with Gasteiger partial charge in [0.1, 0.15) is 14.6 Å². The number of amides is 1. The fraction of sp³-hybridized carbons (Fsp3) is 0.385. The van der Waals surface area contributed by atoms with Gasteiger partial charge >= 0.3 is 5.97 Å². The number of methoxy groups -OCH3 is 1. The molecule has 0 aliphatic rings. The average molecular weight is 451 g/mol. The molecule has 0 bridgehead atoms. The van der Waals surface area contributed by atoms with Gasteiger partial charge in [-0.3, -0.25) is 14.5 Å². The van der Waals surface area contributed by atoms with E-state index in [1.165, 1.54) is 12.0 Å². The Kier molecular flexibility index (Phi) is 9.70. The van der Waals surface area contributed by atoms with E-state index in [9.17, 15) is 9.59 Å². The van der Waals surface area contributed by atoms with Gasteiger partial charge in [-0.15, -0.1) is 5.54 Å². The van der Waals surface area contributed by atoms with E-state index in [1.54, 1.807) is 0 Å². The van der Waals surface area contributed by atoms with Crippen molar-refractivity contribution in [3.05, 3.63) is 71.8 Å². The van der Waals surface area contributed by atoms with Gasteiger partial charge in [0.15, 0.2) is 0 Å². The van der Waals surface area contributed by atoms with Crippen LogP contribution in [0.15, 0.2) is 60.7 Å². The third-order valence-electron chi connectivity index (χ3n) is 4.95. The summed E-state index contributed by atoms with van der Waals surface area (Å²) in [7, 11) is -0.251. The summed E-state index contributed by atoms with van der Waals surface area (Å²) in [6.07, 6.45) is 0. The van der Waals surface area contributed by atoms with Crippen LogP contribution in [0.5, 0.6) is 0 Å². The third-order valence-corrected chi connectivity index (χ3v) is 5.88. The predicted molar refractivity (Wildman–Crippen MR) is 131 cm³/mol. The number of esters is 1. The highest BCUT2D eigenvalue weighted by atomic mass is 28.3. The number of ether oxygens (including phenoxy) is 1. The largest absolute Gasteiger partial charge is 0.468 e. The molecule has 1 atom stereocenters. The molecule has 0 fully saturated rings. The van der Waals surface area contributed by atoms with E-state index in [0.717, 1.165) is 11.1 Å². The molecule has 5 nitrogen and oxygen atoms in total. The number of benzene rings is 2. The lowest BCUT2D eigenvalue weighted by Gasteiger charge is -2.32. The van der Waals surface area contributed by atoms with E-state index in [-0.39, 0.29) is 19.0 Å². The quantitative estimate of drug-likeness (QED) is 0.330. The van der Waals surface area contributed by atoms with Gasteiger partial charge in [0, 0.05) is 13.1 Å². The minimum atomic E-state index is -1.58. The Hall–Kier alpha value is -2.88. The Labute approximate surface area is 193 Å². The number of hydrogen-bond acceptors (Lipinski definition) is 4. The maximum Gasteiger partial charge on any atom is 0.325 e.